The van der Waals surface area contributed by atoms with Crippen LogP contribution in [-0.2, 0) is 6.42 Å². The summed E-state index contributed by atoms with van der Waals surface area (Å²) in [5.74, 6) is 3.30. The van der Waals surface area contributed by atoms with Crippen LogP contribution in [-0.4, -0.2) is 35.5 Å². The number of hydrogen-bond donors (Lipinski definition) is 0. The highest BCUT2D eigenvalue weighted by atomic mass is 16.5. The van der Waals surface area contributed by atoms with Crippen LogP contribution < -0.4 is 23.7 Å². The standard InChI is InChI=1S/C18H22O5/c1-19-14-8-6-12(11-16(14)21-3)10-13-7-9-15(20-2)18(23-5)17(13)22-4/h6-9,11H,10H2,1-5H3. The van der Waals surface area contributed by atoms with Crippen LogP contribution in [0.2, 0.25) is 0 Å². The summed E-state index contributed by atoms with van der Waals surface area (Å²) < 4.78 is 26.9. The fourth-order valence-corrected chi connectivity index (χ4v) is 2.51. The molecule has 2 aromatic rings. The second-order valence-corrected chi connectivity index (χ2v) is 4.86. The highest BCUT2D eigenvalue weighted by Gasteiger charge is 2.16. The number of hydrogen-bond acceptors (Lipinski definition) is 5. The normalized spacial score (nSPS) is 10.1. The summed E-state index contributed by atoms with van der Waals surface area (Å²) in [4.78, 5) is 0. The van der Waals surface area contributed by atoms with E-state index in [9.17, 15) is 0 Å². The first-order valence-electron chi connectivity index (χ1n) is 7.17. The highest BCUT2D eigenvalue weighted by Crippen LogP contribution is 2.41. The van der Waals surface area contributed by atoms with E-state index >= 15 is 0 Å². The second-order valence-electron chi connectivity index (χ2n) is 4.86. The number of benzene rings is 2. The lowest BCUT2D eigenvalue weighted by atomic mass is 10.0. The molecular formula is C18H22O5. The molecule has 0 aliphatic heterocycles. The average Bonchev–Trinajstić information content (AvgIpc) is 2.60. The molecule has 0 bridgehead atoms. The van der Waals surface area contributed by atoms with Crippen molar-refractivity contribution in [2.24, 2.45) is 0 Å². The minimum Gasteiger partial charge on any atom is -0.493 e. The van der Waals surface area contributed by atoms with Gasteiger partial charge in [0.05, 0.1) is 35.5 Å². The van der Waals surface area contributed by atoms with Gasteiger partial charge in [0.2, 0.25) is 5.75 Å². The first-order valence-corrected chi connectivity index (χ1v) is 7.17. The van der Waals surface area contributed by atoms with Crippen molar-refractivity contribution in [2.45, 2.75) is 6.42 Å². The molecule has 2 rings (SSSR count). The van der Waals surface area contributed by atoms with E-state index < -0.39 is 0 Å². The van der Waals surface area contributed by atoms with Crippen LogP contribution in [0, 0.1) is 0 Å². The minimum atomic E-state index is 0.591. The van der Waals surface area contributed by atoms with E-state index in [0.717, 1.165) is 11.1 Å². The lowest BCUT2D eigenvalue weighted by Crippen LogP contribution is -2.00. The van der Waals surface area contributed by atoms with E-state index in [4.69, 9.17) is 23.7 Å². The molecule has 0 atom stereocenters. The fraction of sp³-hybridized carbons (Fsp3) is 0.333. The van der Waals surface area contributed by atoms with Crippen molar-refractivity contribution in [3.05, 3.63) is 41.5 Å². The maximum absolute atomic E-state index is 5.52. The van der Waals surface area contributed by atoms with Gasteiger partial charge in [-0.05, 0) is 23.8 Å². The largest absolute Gasteiger partial charge is 0.493 e. The zero-order chi connectivity index (χ0) is 16.8. The third-order valence-corrected chi connectivity index (χ3v) is 3.63. The molecule has 23 heavy (non-hydrogen) atoms. The molecule has 0 aromatic heterocycles. The molecule has 2 aromatic carbocycles. The van der Waals surface area contributed by atoms with Gasteiger partial charge < -0.3 is 23.7 Å². The van der Waals surface area contributed by atoms with Gasteiger partial charge in [0.25, 0.3) is 0 Å². The van der Waals surface area contributed by atoms with E-state index in [2.05, 4.69) is 0 Å². The van der Waals surface area contributed by atoms with Crippen LogP contribution in [0.5, 0.6) is 28.7 Å². The van der Waals surface area contributed by atoms with E-state index in [0.29, 0.717) is 35.2 Å². The number of rotatable bonds is 7. The van der Waals surface area contributed by atoms with Crippen molar-refractivity contribution >= 4 is 0 Å². The van der Waals surface area contributed by atoms with Crippen molar-refractivity contribution in [3.63, 3.8) is 0 Å². The smallest absolute Gasteiger partial charge is 0.203 e. The van der Waals surface area contributed by atoms with Crippen LogP contribution in [0.3, 0.4) is 0 Å². The fourth-order valence-electron chi connectivity index (χ4n) is 2.51. The highest BCUT2D eigenvalue weighted by molar-refractivity contribution is 5.57. The molecule has 0 heterocycles. The lowest BCUT2D eigenvalue weighted by molar-refractivity contribution is 0.322. The van der Waals surface area contributed by atoms with Gasteiger partial charge in [-0.15, -0.1) is 0 Å². The second kappa shape index (κ2) is 7.63. The van der Waals surface area contributed by atoms with Gasteiger partial charge in [-0.3, -0.25) is 0 Å². The summed E-state index contributed by atoms with van der Waals surface area (Å²) >= 11 is 0. The first kappa shape index (κ1) is 16.8. The van der Waals surface area contributed by atoms with E-state index in [1.165, 1.54) is 0 Å². The molecule has 124 valence electrons. The van der Waals surface area contributed by atoms with Crippen LogP contribution in [0.15, 0.2) is 30.3 Å². The van der Waals surface area contributed by atoms with Gasteiger partial charge in [0, 0.05) is 12.0 Å². The maximum atomic E-state index is 5.52. The van der Waals surface area contributed by atoms with Gasteiger partial charge >= 0.3 is 0 Å². The Morgan fingerprint density at radius 1 is 0.609 bits per heavy atom. The van der Waals surface area contributed by atoms with Gasteiger partial charge in [-0.25, -0.2) is 0 Å². The van der Waals surface area contributed by atoms with Crippen molar-refractivity contribution in [3.8, 4) is 28.7 Å². The van der Waals surface area contributed by atoms with Gasteiger partial charge in [0.15, 0.2) is 23.0 Å². The maximum Gasteiger partial charge on any atom is 0.203 e. The van der Waals surface area contributed by atoms with Gasteiger partial charge in [-0.2, -0.15) is 0 Å². The Morgan fingerprint density at radius 3 is 1.78 bits per heavy atom. The Labute approximate surface area is 136 Å². The Hall–Kier alpha value is -2.56. The summed E-state index contributed by atoms with van der Waals surface area (Å²) in [5.41, 5.74) is 2.07. The molecule has 5 heteroatoms. The van der Waals surface area contributed by atoms with E-state index in [1.807, 2.05) is 30.3 Å². The Kier molecular flexibility index (Phi) is 5.57. The monoisotopic (exact) mass is 318 g/mol. The summed E-state index contributed by atoms with van der Waals surface area (Å²) in [6, 6.07) is 9.68. The number of methoxy groups -OCH3 is 5. The predicted octanol–water partition coefficient (Wildman–Crippen LogP) is 3.32. The van der Waals surface area contributed by atoms with Crippen LogP contribution >= 0.6 is 0 Å². The molecule has 0 spiro atoms. The average molecular weight is 318 g/mol. The van der Waals surface area contributed by atoms with Crippen molar-refractivity contribution in [1.29, 1.82) is 0 Å². The lowest BCUT2D eigenvalue weighted by Gasteiger charge is -2.16. The molecule has 0 N–H and O–H groups in total. The van der Waals surface area contributed by atoms with Crippen molar-refractivity contribution in [2.75, 3.05) is 35.5 Å². The molecule has 0 unspecified atom stereocenters. The van der Waals surface area contributed by atoms with Crippen molar-refractivity contribution < 1.29 is 23.7 Å². The molecule has 0 aliphatic carbocycles. The summed E-state index contributed by atoms with van der Waals surface area (Å²) in [6.45, 7) is 0. The molecule has 0 saturated heterocycles. The van der Waals surface area contributed by atoms with Crippen LogP contribution in [0.25, 0.3) is 0 Å². The zero-order valence-corrected chi connectivity index (χ0v) is 14.1. The third kappa shape index (κ3) is 3.44. The van der Waals surface area contributed by atoms with Gasteiger partial charge in [-0.1, -0.05) is 12.1 Å². The quantitative estimate of drug-likeness (QED) is 0.783. The Morgan fingerprint density at radius 2 is 1.22 bits per heavy atom. The minimum absolute atomic E-state index is 0.591. The zero-order valence-electron chi connectivity index (χ0n) is 14.1. The van der Waals surface area contributed by atoms with Crippen LogP contribution in [0.4, 0.5) is 0 Å². The third-order valence-electron chi connectivity index (χ3n) is 3.63. The van der Waals surface area contributed by atoms with E-state index in [1.54, 1.807) is 35.5 Å². The molecule has 0 amide bonds. The molecule has 0 fully saturated rings. The summed E-state index contributed by atoms with van der Waals surface area (Å²) in [5, 5.41) is 0. The topological polar surface area (TPSA) is 46.2 Å². The molecule has 5 nitrogen and oxygen atoms in total. The Balaban J connectivity index is 2.40. The van der Waals surface area contributed by atoms with Crippen LogP contribution in [0.1, 0.15) is 11.1 Å². The Bertz CT molecular complexity index is 667. The van der Waals surface area contributed by atoms with Gasteiger partial charge in [0.1, 0.15) is 0 Å². The number of ether oxygens (including phenoxy) is 5. The summed E-state index contributed by atoms with van der Waals surface area (Å²) in [7, 11) is 8.06. The van der Waals surface area contributed by atoms with E-state index in [-0.39, 0.29) is 0 Å². The van der Waals surface area contributed by atoms with Crippen molar-refractivity contribution in [1.82, 2.24) is 0 Å². The molecule has 0 aliphatic rings. The summed E-state index contributed by atoms with van der Waals surface area (Å²) in [6.07, 6.45) is 0.671. The molecule has 0 radical (unpaired) electrons. The SMILES string of the molecule is COc1ccc(Cc2ccc(OC)c(OC)c2OC)cc1OC. The molecule has 0 saturated carbocycles. The first-order chi connectivity index (χ1) is 11.2. The predicted molar refractivity (Wildman–Crippen MR) is 88.5 cm³/mol. The molecular weight excluding hydrogens is 296 g/mol.